The zero-order chi connectivity index (χ0) is 15.3. The quantitative estimate of drug-likeness (QED) is 0.832. The number of halogens is 1. The van der Waals surface area contributed by atoms with E-state index >= 15 is 0 Å². The second kappa shape index (κ2) is 6.39. The smallest absolute Gasteiger partial charge is 0.264 e. The number of aliphatic hydroxyl groups excluding tert-OH is 1. The minimum atomic E-state index is -3.97. The number of nitrogens with one attached hydrogen (secondary N) is 1. The van der Waals surface area contributed by atoms with Crippen molar-refractivity contribution in [1.82, 2.24) is 5.16 Å². The van der Waals surface area contributed by atoms with E-state index < -0.39 is 15.8 Å². The van der Waals surface area contributed by atoms with Gasteiger partial charge in [0.25, 0.3) is 10.0 Å². The van der Waals surface area contributed by atoms with E-state index in [0.717, 1.165) is 18.2 Å². The molecular formula is C13H11FN2O4S. The van der Waals surface area contributed by atoms with Crippen molar-refractivity contribution in [2.24, 2.45) is 0 Å². The van der Waals surface area contributed by atoms with Gasteiger partial charge in [-0.15, -0.1) is 0 Å². The second-order valence-electron chi connectivity index (χ2n) is 3.91. The zero-order valence-corrected chi connectivity index (χ0v) is 11.5. The predicted octanol–water partition coefficient (Wildman–Crippen LogP) is 1.35. The molecule has 0 fully saturated rings. The average Bonchev–Trinajstić information content (AvgIpc) is 2.91. The maximum atomic E-state index is 13.3. The highest BCUT2D eigenvalue weighted by molar-refractivity contribution is 7.92. The van der Waals surface area contributed by atoms with Crippen LogP contribution in [0.15, 0.2) is 39.9 Å². The Morgan fingerprint density at radius 3 is 2.86 bits per heavy atom. The van der Waals surface area contributed by atoms with Gasteiger partial charge in [0.2, 0.25) is 0 Å². The molecule has 110 valence electrons. The molecule has 8 heteroatoms. The Morgan fingerprint density at radius 1 is 1.38 bits per heavy atom. The van der Waals surface area contributed by atoms with Crippen molar-refractivity contribution in [2.75, 3.05) is 11.3 Å². The lowest BCUT2D eigenvalue weighted by atomic mass is 10.2. The van der Waals surface area contributed by atoms with Gasteiger partial charge in [0, 0.05) is 18.1 Å². The van der Waals surface area contributed by atoms with E-state index in [1.165, 1.54) is 12.3 Å². The molecular weight excluding hydrogens is 299 g/mol. The third-order valence-electron chi connectivity index (χ3n) is 2.37. The summed E-state index contributed by atoms with van der Waals surface area (Å²) < 4.78 is 44.5. The summed E-state index contributed by atoms with van der Waals surface area (Å²) in [7, 11) is -3.97. The lowest BCUT2D eigenvalue weighted by Crippen LogP contribution is -2.14. The molecule has 0 unspecified atom stereocenters. The van der Waals surface area contributed by atoms with E-state index in [4.69, 9.17) is 5.11 Å². The van der Waals surface area contributed by atoms with Crippen LogP contribution in [0.25, 0.3) is 0 Å². The molecule has 1 aromatic heterocycles. The fourth-order valence-corrected chi connectivity index (χ4v) is 2.64. The molecule has 0 saturated carbocycles. The molecule has 0 spiro atoms. The number of aliphatic hydroxyl groups is 1. The number of hydrogen-bond acceptors (Lipinski definition) is 5. The van der Waals surface area contributed by atoms with Gasteiger partial charge < -0.3 is 9.63 Å². The zero-order valence-electron chi connectivity index (χ0n) is 10.7. The monoisotopic (exact) mass is 310 g/mol. The van der Waals surface area contributed by atoms with Crippen molar-refractivity contribution in [3.63, 3.8) is 0 Å². The molecule has 2 aromatic rings. The van der Waals surface area contributed by atoms with Crippen molar-refractivity contribution in [1.29, 1.82) is 0 Å². The lowest BCUT2D eigenvalue weighted by molar-refractivity contribution is 0.305. The van der Waals surface area contributed by atoms with Gasteiger partial charge in [-0.1, -0.05) is 17.0 Å². The van der Waals surface area contributed by atoms with E-state index in [1.807, 2.05) is 0 Å². The van der Waals surface area contributed by atoms with E-state index in [1.54, 1.807) is 0 Å². The first-order valence-electron chi connectivity index (χ1n) is 5.85. The van der Waals surface area contributed by atoms with E-state index in [0.29, 0.717) is 0 Å². The summed E-state index contributed by atoms with van der Waals surface area (Å²) in [5.74, 6) is 4.48. The third-order valence-corrected chi connectivity index (χ3v) is 3.78. The molecule has 21 heavy (non-hydrogen) atoms. The minimum Gasteiger partial charge on any atom is -0.395 e. The van der Waals surface area contributed by atoms with Crippen molar-refractivity contribution < 1.29 is 22.4 Å². The van der Waals surface area contributed by atoms with Crippen LogP contribution in [-0.2, 0) is 10.0 Å². The van der Waals surface area contributed by atoms with Crippen molar-refractivity contribution >= 4 is 15.8 Å². The molecule has 6 nitrogen and oxygen atoms in total. The molecule has 1 heterocycles. The van der Waals surface area contributed by atoms with Crippen molar-refractivity contribution in [3.8, 4) is 11.8 Å². The maximum absolute atomic E-state index is 13.3. The summed E-state index contributed by atoms with van der Waals surface area (Å²) in [4.78, 5) is -0.183. The molecule has 0 saturated heterocycles. The van der Waals surface area contributed by atoms with Crippen LogP contribution in [-0.4, -0.2) is 25.3 Å². The van der Waals surface area contributed by atoms with Gasteiger partial charge in [0.1, 0.15) is 17.0 Å². The van der Waals surface area contributed by atoms with Crippen LogP contribution in [0.4, 0.5) is 10.2 Å². The highest BCUT2D eigenvalue weighted by Crippen LogP contribution is 2.19. The van der Waals surface area contributed by atoms with Crippen LogP contribution < -0.4 is 4.72 Å². The predicted molar refractivity (Wildman–Crippen MR) is 72.3 cm³/mol. The van der Waals surface area contributed by atoms with E-state index in [9.17, 15) is 12.8 Å². The molecule has 0 atom stereocenters. The van der Waals surface area contributed by atoms with Gasteiger partial charge in [-0.2, -0.15) is 0 Å². The van der Waals surface area contributed by atoms with Crippen LogP contribution in [0.5, 0.6) is 0 Å². The highest BCUT2D eigenvalue weighted by atomic mass is 32.2. The van der Waals surface area contributed by atoms with Gasteiger partial charge in [-0.3, -0.25) is 4.72 Å². The Balaban J connectivity index is 2.41. The molecule has 0 amide bonds. The SMILES string of the molecule is O=S(=O)(Nc1ccon1)c1ccc(F)cc1C#CCCO. The Morgan fingerprint density at radius 2 is 2.19 bits per heavy atom. The Bertz CT molecular complexity index is 776. The van der Waals surface area contributed by atoms with Gasteiger partial charge in [0.05, 0.1) is 6.61 Å². The van der Waals surface area contributed by atoms with Crippen LogP contribution in [0, 0.1) is 17.7 Å². The maximum Gasteiger partial charge on any atom is 0.264 e. The van der Waals surface area contributed by atoms with Gasteiger partial charge in [-0.05, 0) is 18.2 Å². The van der Waals surface area contributed by atoms with Crippen LogP contribution in [0.3, 0.4) is 0 Å². The number of sulfonamides is 1. The molecule has 0 aliphatic carbocycles. The topological polar surface area (TPSA) is 92.4 Å². The molecule has 0 radical (unpaired) electrons. The summed E-state index contributed by atoms with van der Waals surface area (Å²) in [5, 5.41) is 12.1. The second-order valence-corrected chi connectivity index (χ2v) is 5.56. The minimum absolute atomic E-state index is 0.000514. The normalized spacial score (nSPS) is 10.8. The van der Waals surface area contributed by atoms with Gasteiger partial charge in [-0.25, -0.2) is 12.8 Å². The molecule has 0 aliphatic rings. The standard InChI is InChI=1S/C13H11FN2O4S/c14-11-4-5-12(10(9-11)3-1-2-7-17)21(18,19)16-13-6-8-20-15-13/h4-6,8-9,17H,2,7H2,(H,15,16). The van der Waals surface area contributed by atoms with Crippen LogP contribution in [0.2, 0.25) is 0 Å². The molecule has 0 bridgehead atoms. The van der Waals surface area contributed by atoms with Crippen LogP contribution >= 0.6 is 0 Å². The van der Waals surface area contributed by atoms with Gasteiger partial charge >= 0.3 is 0 Å². The number of benzene rings is 1. The number of nitrogens with zero attached hydrogens (tertiary/aromatic N) is 1. The fraction of sp³-hybridized carbons (Fsp3) is 0.154. The number of anilines is 1. The molecule has 0 aliphatic heterocycles. The van der Waals surface area contributed by atoms with Crippen LogP contribution in [0.1, 0.15) is 12.0 Å². The summed E-state index contributed by atoms with van der Waals surface area (Å²) >= 11 is 0. The molecule has 2 N–H and O–H groups in total. The summed E-state index contributed by atoms with van der Waals surface area (Å²) in [6, 6.07) is 4.48. The Kier molecular flexibility index (Phi) is 4.57. The van der Waals surface area contributed by atoms with Crippen molar-refractivity contribution in [3.05, 3.63) is 41.9 Å². The van der Waals surface area contributed by atoms with Gasteiger partial charge in [0.15, 0.2) is 5.82 Å². The van der Waals surface area contributed by atoms with E-state index in [2.05, 4.69) is 26.2 Å². The average molecular weight is 310 g/mol. The molecule has 1 aromatic carbocycles. The third kappa shape index (κ3) is 3.81. The Labute approximate surface area is 120 Å². The highest BCUT2D eigenvalue weighted by Gasteiger charge is 2.19. The first-order valence-corrected chi connectivity index (χ1v) is 7.34. The Hall–Kier alpha value is -2.37. The summed E-state index contributed by atoms with van der Waals surface area (Å²) in [6.45, 7) is -0.165. The lowest BCUT2D eigenvalue weighted by Gasteiger charge is -2.07. The molecule has 2 rings (SSSR count). The largest absolute Gasteiger partial charge is 0.395 e. The summed E-state index contributed by atoms with van der Waals surface area (Å²) in [6.07, 6.45) is 1.37. The number of aromatic nitrogens is 1. The van der Waals surface area contributed by atoms with Crippen molar-refractivity contribution in [2.45, 2.75) is 11.3 Å². The first kappa shape index (κ1) is 15.0. The fourth-order valence-electron chi connectivity index (χ4n) is 1.51. The van der Waals surface area contributed by atoms with E-state index in [-0.39, 0.29) is 29.3 Å². The first-order chi connectivity index (χ1) is 10.0. The number of hydrogen-bond donors (Lipinski definition) is 2. The number of rotatable bonds is 4. The summed E-state index contributed by atoms with van der Waals surface area (Å²) in [5.41, 5.74) is -0.000514.